The van der Waals surface area contributed by atoms with E-state index in [0.717, 1.165) is 29.3 Å². The van der Waals surface area contributed by atoms with Crippen molar-refractivity contribution in [2.24, 2.45) is 0 Å². The van der Waals surface area contributed by atoms with E-state index in [1.807, 2.05) is 12.1 Å². The molecule has 5 rings (SSSR count). The van der Waals surface area contributed by atoms with Gasteiger partial charge in [-0.2, -0.15) is 13.2 Å². The van der Waals surface area contributed by atoms with E-state index in [1.165, 1.54) is 30.3 Å². The quantitative estimate of drug-likeness (QED) is 0.190. The number of benzene rings is 4. The molecule has 0 fully saturated rings. The van der Waals surface area contributed by atoms with Gasteiger partial charge in [0.25, 0.3) is 5.91 Å². The highest BCUT2D eigenvalue weighted by molar-refractivity contribution is 7.89. The molecule has 0 spiro atoms. The van der Waals surface area contributed by atoms with E-state index < -0.39 is 33.5 Å². The Labute approximate surface area is 235 Å². The number of hydrogen-bond donors (Lipinski definition) is 2. The SMILES string of the molecule is O=C(Nc1ccc2c(c1)CCC(NS(=O)(=O)c1ccccc1F)CC2)c1ccccc1-c1ccc(C(F)(F)F)cc1. The number of alkyl halides is 3. The van der Waals surface area contributed by atoms with Crippen molar-refractivity contribution >= 4 is 21.6 Å². The molecule has 0 bridgehead atoms. The van der Waals surface area contributed by atoms with Crippen molar-refractivity contribution in [3.63, 3.8) is 0 Å². The molecular formula is C31H26F4N2O3S. The molecule has 1 aliphatic rings. The number of amides is 1. The minimum Gasteiger partial charge on any atom is -0.322 e. The van der Waals surface area contributed by atoms with Gasteiger partial charge in [0.05, 0.1) is 5.56 Å². The van der Waals surface area contributed by atoms with Crippen molar-refractivity contribution in [2.45, 2.75) is 42.8 Å². The van der Waals surface area contributed by atoms with Crippen LogP contribution in [0.4, 0.5) is 23.2 Å². The highest BCUT2D eigenvalue weighted by Gasteiger charge is 2.30. The average Bonchev–Trinajstić information content (AvgIpc) is 3.14. The summed E-state index contributed by atoms with van der Waals surface area (Å²) in [5.74, 6) is -1.22. The van der Waals surface area contributed by atoms with Gasteiger partial charge in [0.1, 0.15) is 10.7 Å². The Morgan fingerprint density at radius 1 is 0.805 bits per heavy atom. The molecule has 4 aromatic carbocycles. The lowest BCUT2D eigenvalue weighted by Gasteiger charge is -2.16. The largest absolute Gasteiger partial charge is 0.416 e. The molecule has 1 aliphatic carbocycles. The molecule has 2 N–H and O–H groups in total. The second-order valence-corrected chi connectivity index (χ2v) is 11.6. The number of fused-ring (bicyclic) bond motifs is 1. The summed E-state index contributed by atoms with van der Waals surface area (Å²) in [6.07, 6.45) is -2.27. The smallest absolute Gasteiger partial charge is 0.322 e. The third-order valence-electron chi connectivity index (χ3n) is 7.13. The van der Waals surface area contributed by atoms with E-state index in [2.05, 4.69) is 10.0 Å². The van der Waals surface area contributed by atoms with Crippen LogP contribution >= 0.6 is 0 Å². The third kappa shape index (κ3) is 6.49. The van der Waals surface area contributed by atoms with Crippen LogP contribution in [0.25, 0.3) is 11.1 Å². The lowest BCUT2D eigenvalue weighted by atomic mass is 9.97. The monoisotopic (exact) mass is 582 g/mol. The molecule has 0 saturated carbocycles. The van der Waals surface area contributed by atoms with Gasteiger partial charge in [-0.3, -0.25) is 4.79 Å². The van der Waals surface area contributed by atoms with Crippen LogP contribution in [-0.2, 0) is 29.0 Å². The molecule has 10 heteroatoms. The number of anilines is 1. The minimum atomic E-state index is -4.45. The first-order valence-corrected chi connectivity index (χ1v) is 14.5. The molecule has 212 valence electrons. The molecule has 1 atom stereocenters. The van der Waals surface area contributed by atoms with Crippen LogP contribution in [-0.4, -0.2) is 20.4 Å². The summed E-state index contributed by atoms with van der Waals surface area (Å²) in [4.78, 5) is 12.9. The Morgan fingerprint density at radius 3 is 2.17 bits per heavy atom. The minimum absolute atomic E-state index is 0.310. The Kier molecular flexibility index (Phi) is 7.97. The fraction of sp³-hybridized carbons (Fsp3) is 0.194. The van der Waals surface area contributed by atoms with Crippen molar-refractivity contribution in [1.82, 2.24) is 4.72 Å². The van der Waals surface area contributed by atoms with E-state index in [9.17, 15) is 30.8 Å². The predicted molar refractivity (Wildman–Crippen MR) is 148 cm³/mol. The summed E-state index contributed by atoms with van der Waals surface area (Å²) < 4.78 is 81.2. The van der Waals surface area contributed by atoms with Gasteiger partial charge in [0.15, 0.2) is 0 Å². The lowest BCUT2D eigenvalue weighted by Crippen LogP contribution is -2.35. The van der Waals surface area contributed by atoms with E-state index in [1.54, 1.807) is 30.3 Å². The van der Waals surface area contributed by atoms with Gasteiger partial charge < -0.3 is 5.32 Å². The fourth-order valence-corrected chi connectivity index (χ4v) is 6.40. The van der Waals surface area contributed by atoms with Crippen LogP contribution in [0, 0.1) is 5.82 Å². The standard InChI is InChI=1S/C31H26F4N2O3S/c32-28-7-3-4-8-29(28)41(39,40)37-24-16-11-20-12-18-25(19-22(20)13-17-24)36-30(38)27-6-2-1-5-26(27)21-9-14-23(15-10-21)31(33,34)35/h1-10,12,14-15,18-19,24,37H,11,13,16-17H2,(H,36,38). The van der Waals surface area contributed by atoms with Crippen LogP contribution in [0.2, 0.25) is 0 Å². The second-order valence-electron chi connectivity index (χ2n) is 9.88. The first-order chi connectivity index (χ1) is 19.5. The predicted octanol–water partition coefficient (Wildman–Crippen LogP) is 6.99. The summed E-state index contributed by atoms with van der Waals surface area (Å²) >= 11 is 0. The Morgan fingerprint density at radius 2 is 1.46 bits per heavy atom. The molecule has 5 nitrogen and oxygen atoms in total. The molecule has 41 heavy (non-hydrogen) atoms. The Bertz CT molecular complexity index is 1690. The van der Waals surface area contributed by atoms with E-state index in [0.29, 0.717) is 48.1 Å². The maximum Gasteiger partial charge on any atom is 0.416 e. The van der Waals surface area contributed by atoms with Gasteiger partial charge in [0, 0.05) is 17.3 Å². The zero-order chi connectivity index (χ0) is 29.2. The fourth-order valence-electron chi connectivity index (χ4n) is 5.02. The summed E-state index contributed by atoms with van der Waals surface area (Å²) in [5.41, 5.74) is 3.06. The summed E-state index contributed by atoms with van der Waals surface area (Å²) in [6, 6.07) is 21.7. The lowest BCUT2D eigenvalue weighted by molar-refractivity contribution is -0.137. The first kappa shape index (κ1) is 28.5. The van der Waals surface area contributed by atoms with Gasteiger partial charge in [-0.15, -0.1) is 0 Å². The zero-order valence-corrected chi connectivity index (χ0v) is 22.5. The summed E-state index contributed by atoms with van der Waals surface area (Å²) in [5, 5.41) is 2.88. The van der Waals surface area contributed by atoms with Crippen molar-refractivity contribution < 1.29 is 30.8 Å². The molecule has 4 aromatic rings. The number of carbonyl (C=O) groups is 1. The number of aryl methyl sites for hydroxylation is 2. The van der Waals surface area contributed by atoms with Gasteiger partial charge >= 0.3 is 6.18 Å². The molecule has 0 aliphatic heterocycles. The van der Waals surface area contributed by atoms with Gasteiger partial charge in [0.2, 0.25) is 10.0 Å². The van der Waals surface area contributed by atoms with E-state index in [4.69, 9.17) is 0 Å². The van der Waals surface area contributed by atoms with Gasteiger partial charge in [-0.1, -0.05) is 48.5 Å². The topological polar surface area (TPSA) is 75.3 Å². The van der Waals surface area contributed by atoms with Crippen molar-refractivity contribution in [2.75, 3.05) is 5.32 Å². The summed E-state index contributed by atoms with van der Waals surface area (Å²) in [6.45, 7) is 0. The zero-order valence-electron chi connectivity index (χ0n) is 21.7. The van der Waals surface area contributed by atoms with Crippen molar-refractivity contribution in [3.05, 3.63) is 119 Å². The number of sulfonamides is 1. The number of rotatable bonds is 6. The number of nitrogens with one attached hydrogen (secondary N) is 2. The number of carbonyl (C=O) groups excluding carboxylic acids is 1. The van der Waals surface area contributed by atoms with Crippen LogP contribution < -0.4 is 10.0 Å². The third-order valence-corrected chi connectivity index (χ3v) is 8.69. The Hall–Kier alpha value is -4.02. The molecule has 0 heterocycles. The second kappa shape index (κ2) is 11.5. The van der Waals surface area contributed by atoms with Gasteiger partial charge in [-0.05, 0) is 90.4 Å². The Balaban J connectivity index is 1.29. The van der Waals surface area contributed by atoms with Crippen molar-refractivity contribution in [3.8, 4) is 11.1 Å². The molecule has 0 radical (unpaired) electrons. The molecule has 1 amide bonds. The molecular weight excluding hydrogens is 556 g/mol. The maximum atomic E-state index is 14.1. The summed E-state index contributed by atoms with van der Waals surface area (Å²) in [7, 11) is -4.02. The first-order valence-electron chi connectivity index (χ1n) is 13.0. The number of hydrogen-bond acceptors (Lipinski definition) is 3. The van der Waals surface area contributed by atoms with Gasteiger partial charge in [-0.25, -0.2) is 17.5 Å². The van der Waals surface area contributed by atoms with Crippen LogP contribution in [0.3, 0.4) is 0 Å². The normalized spacial score (nSPS) is 15.6. The average molecular weight is 583 g/mol. The highest BCUT2D eigenvalue weighted by atomic mass is 32.2. The molecule has 1 unspecified atom stereocenters. The molecule has 0 saturated heterocycles. The molecule has 0 aromatic heterocycles. The van der Waals surface area contributed by atoms with E-state index in [-0.39, 0.29) is 10.9 Å². The van der Waals surface area contributed by atoms with Crippen LogP contribution in [0.15, 0.2) is 95.9 Å². The van der Waals surface area contributed by atoms with Crippen LogP contribution in [0.5, 0.6) is 0 Å². The maximum absolute atomic E-state index is 14.1. The van der Waals surface area contributed by atoms with E-state index >= 15 is 0 Å². The highest BCUT2D eigenvalue weighted by Crippen LogP contribution is 2.32. The van der Waals surface area contributed by atoms with Crippen molar-refractivity contribution in [1.29, 1.82) is 0 Å². The number of halogens is 4. The van der Waals surface area contributed by atoms with Crippen LogP contribution in [0.1, 0.15) is 39.9 Å².